The molecule has 0 amide bonds. The molecule has 0 aromatic rings. The van der Waals surface area contributed by atoms with Gasteiger partial charge in [0.15, 0.2) is 5.78 Å². The average molecular weight is 198 g/mol. The van der Waals surface area contributed by atoms with E-state index in [9.17, 15) is 9.59 Å². The van der Waals surface area contributed by atoms with Crippen molar-refractivity contribution in [3.05, 3.63) is 12.7 Å². The van der Waals surface area contributed by atoms with Crippen molar-refractivity contribution >= 4 is 11.8 Å². The van der Waals surface area contributed by atoms with E-state index in [1.807, 2.05) is 0 Å². The fraction of sp³-hybridized carbons (Fsp3) is 0.636. The van der Waals surface area contributed by atoms with Gasteiger partial charge in [-0.3, -0.25) is 9.59 Å². The first-order valence-electron chi connectivity index (χ1n) is 4.71. The number of hydrogen-bond donors (Lipinski definition) is 0. The van der Waals surface area contributed by atoms with Crippen molar-refractivity contribution < 1.29 is 14.3 Å². The molecule has 0 bridgehead atoms. The molecule has 0 N–H and O–H groups in total. The Balaban J connectivity index is 4.54. The molecule has 0 aliphatic rings. The lowest BCUT2D eigenvalue weighted by molar-refractivity contribution is -0.152. The minimum atomic E-state index is -0.719. The maximum Gasteiger partial charge on any atom is 0.316 e. The molecule has 3 heteroatoms. The van der Waals surface area contributed by atoms with Crippen molar-refractivity contribution in [1.82, 2.24) is 0 Å². The van der Waals surface area contributed by atoms with Crippen molar-refractivity contribution in [2.45, 2.75) is 27.7 Å². The van der Waals surface area contributed by atoms with Crippen LogP contribution < -0.4 is 0 Å². The van der Waals surface area contributed by atoms with Crippen LogP contribution in [0.15, 0.2) is 12.7 Å². The van der Waals surface area contributed by atoms with Crippen LogP contribution in [0.2, 0.25) is 0 Å². The Morgan fingerprint density at radius 3 is 2.36 bits per heavy atom. The number of rotatable bonds is 5. The van der Waals surface area contributed by atoms with Gasteiger partial charge in [-0.2, -0.15) is 0 Å². The smallest absolute Gasteiger partial charge is 0.316 e. The Kier molecular flexibility index (Phi) is 4.54. The van der Waals surface area contributed by atoms with E-state index < -0.39 is 17.3 Å². The van der Waals surface area contributed by atoms with Gasteiger partial charge < -0.3 is 4.74 Å². The summed E-state index contributed by atoms with van der Waals surface area (Å²) in [6.07, 6.45) is 1.55. The number of ether oxygens (including phenoxy) is 1. The molecule has 0 spiro atoms. The Morgan fingerprint density at radius 1 is 1.50 bits per heavy atom. The van der Waals surface area contributed by atoms with Gasteiger partial charge in [0.1, 0.15) is 5.92 Å². The quantitative estimate of drug-likeness (QED) is 0.385. The van der Waals surface area contributed by atoms with E-state index in [2.05, 4.69) is 6.58 Å². The summed E-state index contributed by atoms with van der Waals surface area (Å²) in [5, 5.41) is 0. The van der Waals surface area contributed by atoms with Crippen molar-refractivity contribution in [3.63, 3.8) is 0 Å². The molecular formula is C11H18O3. The second-order valence-electron chi connectivity index (χ2n) is 3.76. The van der Waals surface area contributed by atoms with Crippen LogP contribution in [0.25, 0.3) is 0 Å². The highest BCUT2D eigenvalue weighted by molar-refractivity contribution is 6.02. The second-order valence-corrected chi connectivity index (χ2v) is 3.76. The van der Waals surface area contributed by atoms with Crippen molar-refractivity contribution in [2.75, 3.05) is 6.61 Å². The number of hydrogen-bond acceptors (Lipinski definition) is 3. The molecule has 0 fully saturated rings. The van der Waals surface area contributed by atoms with Crippen molar-refractivity contribution in [1.29, 1.82) is 0 Å². The maximum atomic E-state index is 11.7. The fourth-order valence-electron chi connectivity index (χ4n) is 1.03. The summed E-state index contributed by atoms with van der Waals surface area (Å²) in [6, 6.07) is 0. The Bertz CT molecular complexity index is 241. The number of carbonyl (C=O) groups is 2. The van der Waals surface area contributed by atoms with Crippen molar-refractivity contribution in [3.8, 4) is 0 Å². The van der Waals surface area contributed by atoms with Gasteiger partial charge in [-0.05, 0) is 27.7 Å². The Labute approximate surface area is 85.1 Å². The minimum absolute atomic E-state index is 0.161. The third kappa shape index (κ3) is 2.98. The van der Waals surface area contributed by atoms with Gasteiger partial charge in [0.2, 0.25) is 0 Å². The van der Waals surface area contributed by atoms with E-state index in [0.717, 1.165) is 0 Å². The van der Waals surface area contributed by atoms with Crippen LogP contribution in [0.5, 0.6) is 0 Å². The first-order valence-corrected chi connectivity index (χ1v) is 4.71. The standard InChI is InChI=1S/C11H18O3/c1-6-11(4,5)9(12)8(3)10(13)14-7-2/h6,8H,1,7H2,2-5H3. The van der Waals surface area contributed by atoms with E-state index in [-0.39, 0.29) is 5.78 Å². The molecule has 0 rings (SSSR count). The van der Waals surface area contributed by atoms with Crippen LogP contribution in [0.4, 0.5) is 0 Å². The minimum Gasteiger partial charge on any atom is -0.465 e. The van der Waals surface area contributed by atoms with E-state index in [1.165, 1.54) is 0 Å². The Morgan fingerprint density at radius 2 is 2.00 bits per heavy atom. The summed E-state index contributed by atoms with van der Waals surface area (Å²) in [5.41, 5.74) is -0.674. The predicted octanol–water partition coefficient (Wildman–Crippen LogP) is 1.97. The van der Waals surface area contributed by atoms with Crippen LogP contribution >= 0.6 is 0 Å². The van der Waals surface area contributed by atoms with E-state index in [4.69, 9.17) is 4.74 Å². The molecular weight excluding hydrogens is 180 g/mol. The second kappa shape index (κ2) is 4.94. The number of Topliss-reactive ketones (excluding diaryl/α,β-unsaturated/α-hetero) is 1. The van der Waals surface area contributed by atoms with Gasteiger partial charge >= 0.3 is 5.97 Å². The molecule has 0 aliphatic heterocycles. The summed E-state index contributed by atoms with van der Waals surface area (Å²) in [4.78, 5) is 23.0. The Hall–Kier alpha value is -1.12. The highest BCUT2D eigenvalue weighted by atomic mass is 16.5. The largest absolute Gasteiger partial charge is 0.465 e. The topological polar surface area (TPSA) is 43.4 Å². The van der Waals surface area contributed by atoms with Crippen molar-refractivity contribution in [2.24, 2.45) is 11.3 Å². The summed E-state index contributed by atoms with van der Waals surface area (Å²) in [7, 11) is 0. The predicted molar refractivity (Wildman–Crippen MR) is 54.8 cm³/mol. The van der Waals surface area contributed by atoms with E-state index in [1.54, 1.807) is 33.8 Å². The lowest BCUT2D eigenvalue weighted by Gasteiger charge is -2.21. The normalized spacial score (nSPS) is 13.1. The SMILES string of the molecule is C=CC(C)(C)C(=O)C(C)C(=O)OCC. The zero-order valence-corrected chi connectivity index (χ0v) is 9.29. The molecule has 80 valence electrons. The molecule has 0 saturated heterocycles. The van der Waals surface area contributed by atoms with Gasteiger partial charge in [0, 0.05) is 5.41 Å². The molecule has 14 heavy (non-hydrogen) atoms. The van der Waals surface area contributed by atoms with Gasteiger partial charge in [0.25, 0.3) is 0 Å². The van der Waals surface area contributed by atoms with Gasteiger partial charge in [-0.1, -0.05) is 6.08 Å². The lowest BCUT2D eigenvalue weighted by atomic mass is 9.82. The highest BCUT2D eigenvalue weighted by Crippen LogP contribution is 2.22. The average Bonchev–Trinajstić information content (AvgIpc) is 2.15. The van der Waals surface area contributed by atoms with Gasteiger partial charge in [-0.15, -0.1) is 6.58 Å². The molecule has 0 aromatic heterocycles. The molecule has 0 saturated carbocycles. The molecule has 0 aliphatic carbocycles. The number of carbonyl (C=O) groups excluding carboxylic acids is 2. The number of allylic oxidation sites excluding steroid dienone is 1. The number of esters is 1. The highest BCUT2D eigenvalue weighted by Gasteiger charge is 2.33. The van der Waals surface area contributed by atoms with Crippen LogP contribution in [-0.4, -0.2) is 18.4 Å². The third-order valence-electron chi connectivity index (χ3n) is 2.18. The summed E-state index contributed by atoms with van der Waals surface area (Å²) < 4.78 is 4.77. The van der Waals surface area contributed by atoms with Crippen LogP contribution in [0, 0.1) is 11.3 Å². The fourth-order valence-corrected chi connectivity index (χ4v) is 1.03. The number of ketones is 1. The first-order chi connectivity index (χ1) is 6.36. The zero-order chi connectivity index (χ0) is 11.4. The summed E-state index contributed by atoms with van der Waals surface area (Å²) in [6.45, 7) is 10.6. The van der Waals surface area contributed by atoms with Gasteiger partial charge in [0.05, 0.1) is 6.61 Å². The van der Waals surface area contributed by atoms with Crippen LogP contribution in [0.3, 0.4) is 0 Å². The molecule has 3 nitrogen and oxygen atoms in total. The van der Waals surface area contributed by atoms with E-state index in [0.29, 0.717) is 6.61 Å². The third-order valence-corrected chi connectivity index (χ3v) is 2.18. The molecule has 1 unspecified atom stereocenters. The zero-order valence-electron chi connectivity index (χ0n) is 9.29. The molecule has 0 radical (unpaired) electrons. The van der Waals surface area contributed by atoms with Crippen LogP contribution in [0.1, 0.15) is 27.7 Å². The van der Waals surface area contributed by atoms with E-state index >= 15 is 0 Å². The first kappa shape index (κ1) is 12.9. The lowest BCUT2D eigenvalue weighted by Crippen LogP contribution is -2.33. The summed E-state index contributed by atoms with van der Waals surface area (Å²) >= 11 is 0. The monoisotopic (exact) mass is 198 g/mol. The molecule has 0 heterocycles. The molecule has 0 aromatic carbocycles. The molecule has 1 atom stereocenters. The summed E-state index contributed by atoms with van der Waals surface area (Å²) in [5.74, 6) is -1.35. The van der Waals surface area contributed by atoms with Gasteiger partial charge in [-0.25, -0.2) is 0 Å². The van der Waals surface area contributed by atoms with Crippen LogP contribution in [-0.2, 0) is 14.3 Å². The maximum absolute atomic E-state index is 11.7.